The Balaban J connectivity index is 1.88. The first-order valence-electron chi connectivity index (χ1n) is 13.1. The summed E-state index contributed by atoms with van der Waals surface area (Å²) in [5.41, 5.74) is 1.68. The van der Waals surface area contributed by atoms with Gasteiger partial charge in [0.1, 0.15) is 22.9 Å². The van der Waals surface area contributed by atoms with Gasteiger partial charge in [-0.1, -0.05) is 19.9 Å². The quantitative estimate of drug-likeness (QED) is 0.201. The number of carbonyl (C=O) groups is 1. The Bertz CT molecular complexity index is 1830. The monoisotopic (exact) mass is 577 g/mol. The molecule has 0 spiro atoms. The lowest BCUT2D eigenvalue weighted by Crippen LogP contribution is -2.23. The van der Waals surface area contributed by atoms with Gasteiger partial charge in [0.05, 0.1) is 25.1 Å². The molecule has 0 aliphatic heterocycles. The van der Waals surface area contributed by atoms with E-state index in [0.29, 0.717) is 58.0 Å². The molecule has 0 saturated heterocycles. The van der Waals surface area contributed by atoms with E-state index in [-0.39, 0.29) is 22.8 Å². The lowest BCUT2D eigenvalue weighted by molar-refractivity contribution is 0.0693. The minimum absolute atomic E-state index is 0.0194. The van der Waals surface area contributed by atoms with Gasteiger partial charge in [0.2, 0.25) is 11.8 Å². The highest BCUT2D eigenvalue weighted by Crippen LogP contribution is 2.48. The number of aromatic carboxylic acids is 1. The summed E-state index contributed by atoms with van der Waals surface area (Å²) >= 11 is 0. The third-order valence-corrected chi connectivity index (χ3v) is 7.30. The number of methoxy groups -OCH3 is 2. The van der Waals surface area contributed by atoms with Crippen molar-refractivity contribution in [3.05, 3.63) is 83.2 Å². The van der Waals surface area contributed by atoms with E-state index in [2.05, 4.69) is 10.2 Å². The van der Waals surface area contributed by atoms with Crippen molar-refractivity contribution < 1.29 is 37.7 Å². The van der Waals surface area contributed by atoms with Crippen LogP contribution < -0.4 is 9.47 Å². The first-order chi connectivity index (χ1) is 19.9. The Labute approximate surface area is 239 Å². The molecule has 11 heteroatoms. The van der Waals surface area contributed by atoms with Crippen molar-refractivity contribution in [3.63, 3.8) is 0 Å². The van der Waals surface area contributed by atoms with Crippen molar-refractivity contribution in [1.29, 1.82) is 0 Å². The molecule has 2 heterocycles. The molecule has 0 fully saturated rings. The zero-order chi connectivity index (χ0) is 30.3. The molecule has 42 heavy (non-hydrogen) atoms. The van der Waals surface area contributed by atoms with E-state index >= 15 is 0 Å². The molecule has 0 radical (unpaired) electrons. The second kappa shape index (κ2) is 10.8. The highest BCUT2D eigenvalue weighted by atomic mass is 19.1. The number of carboxylic acids is 1. The summed E-state index contributed by atoms with van der Waals surface area (Å²) in [5.74, 6) is -1.78. The second-order valence-corrected chi connectivity index (χ2v) is 10.5. The lowest BCUT2D eigenvalue weighted by atomic mass is 9.80. The number of carboxylic acid groups (broad SMARTS) is 1. The number of aromatic nitrogens is 3. The fraction of sp³-hybridized carbons (Fsp3) is 0.258. The maximum atomic E-state index is 14.9. The minimum atomic E-state index is -1.17. The number of aromatic hydroxyl groups is 1. The molecular formula is C31H29F2N3O6. The van der Waals surface area contributed by atoms with E-state index < -0.39 is 23.0 Å². The Kier molecular flexibility index (Phi) is 7.36. The van der Waals surface area contributed by atoms with E-state index in [1.807, 2.05) is 13.8 Å². The number of phenolic OH excluding ortho intramolecular Hbond substituents is 1. The summed E-state index contributed by atoms with van der Waals surface area (Å²) in [6.45, 7) is 5.65. The fourth-order valence-corrected chi connectivity index (χ4v) is 5.34. The molecule has 3 aromatic carbocycles. The van der Waals surface area contributed by atoms with Crippen LogP contribution in [0.4, 0.5) is 8.78 Å². The van der Waals surface area contributed by atoms with Crippen molar-refractivity contribution in [2.24, 2.45) is 0 Å². The number of halogens is 2. The minimum Gasteiger partial charge on any atom is -0.507 e. The van der Waals surface area contributed by atoms with E-state index in [4.69, 9.17) is 13.9 Å². The average molecular weight is 578 g/mol. The van der Waals surface area contributed by atoms with Crippen molar-refractivity contribution in [1.82, 2.24) is 14.8 Å². The van der Waals surface area contributed by atoms with Crippen LogP contribution in [0.3, 0.4) is 0 Å². The van der Waals surface area contributed by atoms with Crippen LogP contribution in [0.15, 0.2) is 52.9 Å². The standard InChI is InChI=1S/C31H29F2N3O6/c1-16-34-35-26(42-16)10-11-31(2,3)29-27(17-6-8-20(30(38)39)24(12-17)40-4)28-22(13-18(32)14-23(28)37)36(29)19-7-9-21(33)25(15-19)41-5/h6-9,12-15,37H,10-11H2,1-5H3,(H,38,39). The van der Waals surface area contributed by atoms with Crippen molar-refractivity contribution in [2.75, 3.05) is 14.2 Å². The number of nitrogens with zero attached hydrogens (tertiary/aromatic N) is 3. The van der Waals surface area contributed by atoms with Gasteiger partial charge in [0.15, 0.2) is 11.6 Å². The highest BCUT2D eigenvalue weighted by molar-refractivity contribution is 6.04. The zero-order valence-corrected chi connectivity index (χ0v) is 23.7. The first-order valence-corrected chi connectivity index (χ1v) is 13.1. The normalized spacial score (nSPS) is 11.7. The van der Waals surface area contributed by atoms with E-state index in [1.54, 1.807) is 23.6 Å². The highest BCUT2D eigenvalue weighted by Gasteiger charge is 2.34. The summed E-state index contributed by atoms with van der Waals surface area (Å²) in [6.07, 6.45) is 0.882. The molecule has 5 rings (SSSR count). The predicted molar refractivity (Wildman–Crippen MR) is 151 cm³/mol. The Morgan fingerprint density at radius 3 is 2.40 bits per heavy atom. The van der Waals surface area contributed by atoms with Gasteiger partial charge < -0.3 is 28.7 Å². The average Bonchev–Trinajstić information content (AvgIpc) is 3.53. The molecule has 0 aliphatic carbocycles. The number of hydrogen-bond donors (Lipinski definition) is 2. The first kappa shape index (κ1) is 28.6. The SMILES string of the molecule is COc1cc(-n2c(C(C)(C)CCc3nnc(C)o3)c(-c3ccc(C(=O)O)c(OC)c3)c3c(O)cc(F)cc32)ccc1F. The molecule has 0 saturated carbocycles. The van der Waals surface area contributed by atoms with Crippen LogP contribution in [-0.2, 0) is 11.8 Å². The number of fused-ring (bicyclic) bond motifs is 1. The number of ether oxygens (including phenoxy) is 2. The molecule has 5 aromatic rings. The summed E-state index contributed by atoms with van der Waals surface area (Å²) < 4.78 is 47.4. The van der Waals surface area contributed by atoms with Crippen molar-refractivity contribution >= 4 is 16.9 Å². The van der Waals surface area contributed by atoms with Gasteiger partial charge >= 0.3 is 5.97 Å². The number of rotatable bonds is 9. The van der Waals surface area contributed by atoms with Crippen LogP contribution in [-0.4, -0.2) is 45.2 Å². The van der Waals surface area contributed by atoms with Gasteiger partial charge in [0.25, 0.3) is 0 Å². The largest absolute Gasteiger partial charge is 0.507 e. The fourth-order valence-electron chi connectivity index (χ4n) is 5.34. The molecule has 0 atom stereocenters. The summed E-state index contributed by atoms with van der Waals surface area (Å²) in [4.78, 5) is 11.8. The molecule has 2 aromatic heterocycles. The van der Waals surface area contributed by atoms with Crippen LogP contribution in [0, 0.1) is 18.6 Å². The van der Waals surface area contributed by atoms with Gasteiger partial charge in [-0.2, -0.15) is 0 Å². The third-order valence-electron chi connectivity index (χ3n) is 7.30. The molecule has 218 valence electrons. The maximum Gasteiger partial charge on any atom is 0.339 e. The van der Waals surface area contributed by atoms with E-state index in [1.165, 1.54) is 44.6 Å². The van der Waals surface area contributed by atoms with Gasteiger partial charge in [0, 0.05) is 47.8 Å². The van der Waals surface area contributed by atoms with Crippen molar-refractivity contribution in [2.45, 2.75) is 39.0 Å². The lowest BCUT2D eigenvalue weighted by Gasteiger charge is -2.29. The summed E-state index contributed by atoms with van der Waals surface area (Å²) in [7, 11) is 2.71. The number of benzene rings is 3. The molecule has 0 amide bonds. The van der Waals surface area contributed by atoms with Crippen molar-refractivity contribution in [3.8, 4) is 34.1 Å². The van der Waals surface area contributed by atoms with E-state index in [9.17, 15) is 23.8 Å². The topological polar surface area (TPSA) is 120 Å². The van der Waals surface area contributed by atoms with Crippen LogP contribution in [0.5, 0.6) is 17.2 Å². The van der Waals surface area contributed by atoms with E-state index in [0.717, 1.165) is 6.07 Å². The zero-order valence-electron chi connectivity index (χ0n) is 23.7. The summed E-state index contributed by atoms with van der Waals surface area (Å²) in [6, 6.07) is 11.2. The Hall–Kier alpha value is -4.93. The van der Waals surface area contributed by atoms with Gasteiger partial charge in [-0.25, -0.2) is 13.6 Å². The molecule has 2 N–H and O–H groups in total. The van der Waals surface area contributed by atoms with Gasteiger partial charge in [-0.3, -0.25) is 0 Å². The number of phenols is 1. The predicted octanol–water partition coefficient (Wildman–Crippen LogP) is 6.60. The molecule has 0 bridgehead atoms. The van der Waals surface area contributed by atoms with Crippen LogP contribution in [0.25, 0.3) is 27.7 Å². The molecule has 0 unspecified atom stereocenters. The second-order valence-electron chi connectivity index (χ2n) is 10.5. The van der Waals surface area contributed by atoms with Crippen LogP contribution in [0.2, 0.25) is 0 Å². The van der Waals surface area contributed by atoms with Gasteiger partial charge in [-0.05, 0) is 42.3 Å². The van der Waals surface area contributed by atoms with Crippen LogP contribution >= 0.6 is 0 Å². The Morgan fingerprint density at radius 2 is 1.76 bits per heavy atom. The summed E-state index contributed by atoms with van der Waals surface area (Å²) in [5, 5.41) is 29.2. The van der Waals surface area contributed by atoms with Gasteiger partial charge in [-0.15, -0.1) is 10.2 Å². The maximum absolute atomic E-state index is 14.9. The molecule has 0 aliphatic rings. The molecular weight excluding hydrogens is 548 g/mol. The smallest absolute Gasteiger partial charge is 0.339 e. The number of hydrogen-bond acceptors (Lipinski definition) is 7. The third kappa shape index (κ3) is 5.02. The molecule has 9 nitrogen and oxygen atoms in total. The Morgan fingerprint density at radius 1 is 1.02 bits per heavy atom. The van der Waals surface area contributed by atoms with Crippen LogP contribution in [0.1, 0.15) is 48.1 Å². The number of aryl methyl sites for hydroxylation is 2.